The van der Waals surface area contributed by atoms with Crippen LogP contribution < -0.4 is 0 Å². The van der Waals surface area contributed by atoms with Crippen LogP contribution in [0.15, 0.2) is 0 Å². The largest absolute Gasteiger partial charge is 0.472 e. The highest BCUT2D eigenvalue weighted by Crippen LogP contribution is 2.43. The monoisotopic (exact) mass is 709 g/mol. The fraction of sp³-hybridized carbons (Fsp3) is 0.974. The average molecular weight is 709 g/mol. The smallest absolute Gasteiger partial charge is 0.457 e. The van der Waals surface area contributed by atoms with Crippen LogP contribution in [0, 0.1) is 0 Å². The molecule has 10 heteroatoms. The molecule has 0 fully saturated rings. The van der Waals surface area contributed by atoms with Gasteiger partial charge in [0, 0.05) is 13.0 Å². The van der Waals surface area contributed by atoms with E-state index in [1.807, 2.05) is 0 Å². The number of phosphoric ester groups is 1. The molecule has 0 heterocycles. The normalized spacial score (nSPS) is 14.2. The van der Waals surface area contributed by atoms with E-state index in [2.05, 4.69) is 13.8 Å². The van der Waals surface area contributed by atoms with Gasteiger partial charge >= 0.3 is 13.8 Å². The molecule has 0 aliphatic carbocycles. The van der Waals surface area contributed by atoms with E-state index in [-0.39, 0.29) is 25.6 Å². The second-order valence-electron chi connectivity index (χ2n) is 13.7. The van der Waals surface area contributed by atoms with Crippen LogP contribution in [0.3, 0.4) is 0 Å². The Hall–Kier alpha value is -0.540. The maximum atomic E-state index is 12.6. The molecule has 3 atom stereocenters. The molecule has 0 aromatic carbocycles. The van der Waals surface area contributed by atoms with Crippen LogP contribution >= 0.6 is 7.82 Å². The Kier molecular flexibility index (Phi) is 35.8. The molecule has 0 radical (unpaired) electrons. The number of phosphoric acid groups is 1. The third-order valence-electron chi connectivity index (χ3n) is 8.79. The molecule has 9 nitrogen and oxygen atoms in total. The molecule has 0 saturated carbocycles. The Morgan fingerprint density at radius 1 is 0.562 bits per heavy atom. The van der Waals surface area contributed by atoms with Gasteiger partial charge in [0.1, 0.15) is 12.2 Å². The summed E-state index contributed by atoms with van der Waals surface area (Å²) in [5, 5.41) is 18.3. The number of carbonyl (C=O) groups excluding carboxylic acids is 1. The van der Waals surface area contributed by atoms with E-state index in [0.717, 1.165) is 32.1 Å². The standard InChI is InChI=1S/C38H77O9P/c1-3-5-7-9-11-13-15-16-17-18-19-20-22-24-26-28-30-38(41)47-37(35-46-48(42,43)45-33-36(40)32-39)34-44-31-29-27-25-23-21-14-12-10-8-6-4-2/h36-37,39-40H,3-35H2,1-2H3,(H,42,43). The summed E-state index contributed by atoms with van der Waals surface area (Å²) in [5.74, 6) is -0.378. The molecule has 0 saturated heterocycles. The summed E-state index contributed by atoms with van der Waals surface area (Å²) < 4.78 is 33.2. The zero-order valence-corrected chi connectivity index (χ0v) is 32.1. The minimum absolute atomic E-state index is 0.0573. The number of unbranched alkanes of at least 4 members (excludes halogenated alkanes) is 25. The summed E-state index contributed by atoms with van der Waals surface area (Å²) in [5.41, 5.74) is 0. The van der Waals surface area contributed by atoms with Crippen LogP contribution in [-0.2, 0) is 27.9 Å². The molecule has 0 aliphatic rings. The topological polar surface area (TPSA) is 132 Å². The summed E-state index contributed by atoms with van der Waals surface area (Å²) in [6.07, 6.45) is 32.0. The third kappa shape index (κ3) is 35.3. The number of carbonyl (C=O) groups is 1. The molecule has 288 valence electrons. The van der Waals surface area contributed by atoms with Crippen LogP contribution in [0.5, 0.6) is 0 Å². The van der Waals surface area contributed by atoms with Gasteiger partial charge in [0.05, 0.1) is 26.4 Å². The van der Waals surface area contributed by atoms with Crippen molar-refractivity contribution in [3.8, 4) is 0 Å². The zero-order chi connectivity index (χ0) is 35.4. The van der Waals surface area contributed by atoms with Crippen LogP contribution in [-0.4, -0.2) is 66.3 Å². The first kappa shape index (κ1) is 47.5. The lowest BCUT2D eigenvalue weighted by atomic mass is 10.0. The summed E-state index contributed by atoms with van der Waals surface area (Å²) >= 11 is 0. The number of aliphatic hydroxyl groups excluding tert-OH is 2. The molecule has 0 rings (SSSR count). The average Bonchev–Trinajstić information content (AvgIpc) is 3.07. The van der Waals surface area contributed by atoms with E-state index in [4.69, 9.17) is 23.6 Å². The van der Waals surface area contributed by atoms with Crippen molar-refractivity contribution in [2.75, 3.05) is 33.0 Å². The SMILES string of the molecule is CCCCCCCCCCCCCCCCCCC(=O)OC(COCCCCCCCCCCCCC)COP(=O)(O)OCC(O)CO. The molecule has 3 unspecified atom stereocenters. The maximum absolute atomic E-state index is 12.6. The Balaban J connectivity index is 4.15. The molecule has 48 heavy (non-hydrogen) atoms. The molecular weight excluding hydrogens is 631 g/mol. The highest BCUT2D eigenvalue weighted by atomic mass is 31.2. The molecule has 0 aromatic heterocycles. The van der Waals surface area contributed by atoms with Gasteiger partial charge in [-0.3, -0.25) is 13.8 Å². The maximum Gasteiger partial charge on any atom is 0.472 e. The van der Waals surface area contributed by atoms with E-state index >= 15 is 0 Å². The van der Waals surface area contributed by atoms with Crippen LogP contribution in [0.2, 0.25) is 0 Å². The number of aliphatic hydroxyl groups is 2. The summed E-state index contributed by atoms with van der Waals surface area (Å²) in [6, 6.07) is 0. The van der Waals surface area contributed by atoms with Crippen molar-refractivity contribution in [1.82, 2.24) is 0 Å². The van der Waals surface area contributed by atoms with E-state index in [0.29, 0.717) is 6.61 Å². The Morgan fingerprint density at radius 2 is 0.938 bits per heavy atom. The lowest BCUT2D eigenvalue weighted by molar-refractivity contribution is -0.154. The fourth-order valence-electron chi connectivity index (χ4n) is 5.71. The zero-order valence-electron chi connectivity index (χ0n) is 31.2. The number of rotatable bonds is 39. The van der Waals surface area contributed by atoms with Crippen LogP contribution in [0.1, 0.15) is 194 Å². The highest BCUT2D eigenvalue weighted by molar-refractivity contribution is 7.47. The van der Waals surface area contributed by atoms with Crippen molar-refractivity contribution in [1.29, 1.82) is 0 Å². The van der Waals surface area contributed by atoms with Crippen molar-refractivity contribution in [3.05, 3.63) is 0 Å². The van der Waals surface area contributed by atoms with Gasteiger partial charge in [-0.1, -0.05) is 174 Å². The van der Waals surface area contributed by atoms with E-state index < -0.39 is 33.2 Å². The van der Waals surface area contributed by atoms with Crippen molar-refractivity contribution in [3.63, 3.8) is 0 Å². The summed E-state index contributed by atoms with van der Waals surface area (Å²) in [7, 11) is -4.50. The van der Waals surface area contributed by atoms with Gasteiger partial charge in [0.15, 0.2) is 0 Å². The second kappa shape index (κ2) is 36.3. The number of ether oxygens (including phenoxy) is 2. The van der Waals surface area contributed by atoms with Gasteiger partial charge in [-0.15, -0.1) is 0 Å². The highest BCUT2D eigenvalue weighted by Gasteiger charge is 2.26. The second-order valence-corrected chi connectivity index (χ2v) is 15.1. The predicted octanol–water partition coefficient (Wildman–Crippen LogP) is 10.4. The van der Waals surface area contributed by atoms with Crippen molar-refractivity contribution < 1.29 is 43.0 Å². The minimum Gasteiger partial charge on any atom is -0.457 e. The quantitative estimate of drug-likeness (QED) is 0.0324. The predicted molar refractivity (Wildman–Crippen MR) is 196 cm³/mol. The first-order chi connectivity index (χ1) is 23.3. The fourth-order valence-corrected chi connectivity index (χ4v) is 6.50. The Labute approximate surface area is 295 Å². The van der Waals surface area contributed by atoms with Gasteiger partial charge < -0.3 is 24.6 Å². The van der Waals surface area contributed by atoms with Gasteiger partial charge in [0.2, 0.25) is 0 Å². The molecule has 0 bridgehead atoms. The first-order valence-corrected chi connectivity index (χ1v) is 21.5. The lowest BCUT2D eigenvalue weighted by Crippen LogP contribution is -2.29. The lowest BCUT2D eigenvalue weighted by Gasteiger charge is -2.20. The van der Waals surface area contributed by atoms with Crippen LogP contribution in [0.25, 0.3) is 0 Å². The first-order valence-electron chi connectivity index (χ1n) is 20.0. The van der Waals surface area contributed by atoms with E-state index in [9.17, 15) is 19.4 Å². The molecule has 0 aliphatic heterocycles. The Morgan fingerprint density at radius 3 is 1.35 bits per heavy atom. The Bertz CT molecular complexity index is 724. The molecule has 3 N–H and O–H groups in total. The molecular formula is C38H77O9P. The molecule has 0 spiro atoms. The van der Waals surface area contributed by atoms with E-state index in [1.165, 1.54) is 141 Å². The van der Waals surface area contributed by atoms with Crippen molar-refractivity contribution >= 4 is 13.8 Å². The minimum atomic E-state index is -4.50. The van der Waals surface area contributed by atoms with Crippen molar-refractivity contribution in [2.24, 2.45) is 0 Å². The van der Waals surface area contributed by atoms with Crippen molar-refractivity contribution in [2.45, 2.75) is 206 Å². The number of hydrogen-bond donors (Lipinski definition) is 3. The van der Waals surface area contributed by atoms with Gasteiger partial charge in [-0.05, 0) is 12.8 Å². The molecule has 0 amide bonds. The van der Waals surface area contributed by atoms with Gasteiger partial charge in [0.25, 0.3) is 0 Å². The summed E-state index contributed by atoms with van der Waals surface area (Å²) in [6.45, 7) is 3.55. The van der Waals surface area contributed by atoms with Gasteiger partial charge in [-0.2, -0.15) is 0 Å². The number of hydrogen-bond acceptors (Lipinski definition) is 8. The van der Waals surface area contributed by atoms with Crippen LogP contribution in [0.4, 0.5) is 0 Å². The van der Waals surface area contributed by atoms with Gasteiger partial charge in [-0.25, -0.2) is 4.57 Å². The van der Waals surface area contributed by atoms with E-state index in [1.54, 1.807) is 0 Å². The molecule has 0 aromatic rings. The third-order valence-corrected chi connectivity index (χ3v) is 9.74. The summed E-state index contributed by atoms with van der Waals surface area (Å²) in [4.78, 5) is 22.5. The number of esters is 1.